The maximum absolute atomic E-state index is 12.5. The lowest BCUT2D eigenvalue weighted by Gasteiger charge is -2.29. The number of nitrogens with zero attached hydrogens (tertiary/aromatic N) is 2. The molecule has 1 amide bonds. The normalized spacial score (nSPS) is 16.5. The number of sulfonamides is 1. The summed E-state index contributed by atoms with van der Waals surface area (Å²) in [6.45, 7) is 2.27. The highest BCUT2D eigenvalue weighted by Gasteiger charge is 2.27. The Bertz CT molecular complexity index is 898. The molecule has 132 valence electrons. The number of aromatic nitrogens is 1. The van der Waals surface area contributed by atoms with Crippen molar-refractivity contribution < 1.29 is 13.2 Å². The fourth-order valence-corrected chi connectivity index (χ4v) is 4.52. The molecule has 0 saturated carbocycles. The van der Waals surface area contributed by atoms with Crippen LogP contribution in [0.3, 0.4) is 0 Å². The summed E-state index contributed by atoms with van der Waals surface area (Å²) in [7, 11) is -3.33. The predicted octanol–water partition coefficient (Wildman–Crippen LogP) is 3.23. The molecule has 0 spiro atoms. The first-order valence-electron chi connectivity index (χ1n) is 7.91. The molecular weight excluding hydrogens is 362 g/mol. The average molecular weight is 380 g/mol. The van der Waals surface area contributed by atoms with Crippen LogP contribution in [-0.4, -0.2) is 31.6 Å². The number of benzene rings is 1. The van der Waals surface area contributed by atoms with Crippen molar-refractivity contribution in [3.63, 3.8) is 0 Å². The van der Waals surface area contributed by atoms with E-state index in [0.717, 1.165) is 12.0 Å². The Labute approximate surface area is 151 Å². The molecule has 8 heteroatoms. The zero-order chi connectivity index (χ0) is 18.0. The molecule has 0 radical (unpaired) electrons. The van der Waals surface area contributed by atoms with E-state index in [9.17, 15) is 13.2 Å². The molecule has 1 aromatic carbocycles. The summed E-state index contributed by atoms with van der Waals surface area (Å²) < 4.78 is 26.1. The number of amides is 1. The highest BCUT2D eigenvalue weighted by Crippen LogP contribution is 2.28. The van der Waals surface area contributed by atoms with Gasteiger partial charge in [-0.05, 0) is 49.6 Å². The van der Waals surface area contributed by atoms with Crippen LogP contribution in [0.4, 0.5) is 11.5 Å². The van der Waals surface area contributed by atoms with E-state index in [4.69, 9.17) is 11.6 Å². The standard InChI is InChI=1S/C17H18ClN3O3S/c1-12-4-5-13(17(22)20-16-7-6-14(18)11-19-16)10-15(12)21-8-2-3-9-25(21,23)24/h4-7,10-11H,2-3,8-9H2,1H3,(H,19,20,22). The van der Waals surface area contributed by atoms with Crippen molar-refractivity contribution in [2.45, 2.75) is 19.8 Å². The molecule has 1 aliphatic heterocycles. The quantitative estimate of drug-likeness (QED) is 0.887. The minimum Gasteiger partial charge on any atom is -0.307 e. The van der Waals surface area contributed by atoms with Gasteiger partial charge in [0.1, 0.15) is 5.82 Å². The Hall–Kier alpha value is -2.12. The van der Waals surface area contributed by atoms with Gasteiger partial charge in [0, 0.05) is 18.3 Å². The van der Waals surface area contributed by atoms with Gasteiger partial charge >= 0.3 is 0 Å². The molecule has 1 fully saturated rings. The molecule has 25 heavy (non-hydrogen) atoms. The van der Waals surface area contributed by atoms with Gasteiger partial charge in [-0.25, -0.2) is 13.4 Å². The van der Waals surface area contributed by atoms with Crippen LogP contribution >= 0.6 is 11.6 Å². The number of nitrogens with one attached hydrogen (secondary N) is 1. The van der Waals surface area contributed by atoms with Crippen LogP contribution in [0.25, 0.3) is 0 Å². The molecule has 1 saturated heterocycles. The Morgan fingerprint density at radius 3 is 2.72 bits per heavy atom. The number of carbonyl (C=O) groups is 1. The number of hydrogen-bond donors (Lipinski definition) is 1. The first-order chi connectivity index (χ1) is 11.9. The molecule has 0 bridgehead atoms. The van der Waals surface area contributed by atoms with Crippen molar-refractivity contribution in [1.29, 1.82) is 0 Å². The van der Waals surface area contributed by atoms with Crippen LogP contribution in [0.2, 0.25) is 5.02 Å². The van der Waals surface area contributed by atoms with Crippen LogP contribution in [0.5, 0.6) is 0 Å². The van der Waals surface area contributed by atoms with Crippen molar-refractivity contribution in [3.8, 4) is 0 Å². The molecule has 1 N–H and O–H groups in total. The second-order valence-electron chi connectivity index (χ2n) is 5.91. The molecule has 1 aromatic heterocycles. The molecule has 2 heterocycles. The van der Waals surface area contributed by atoms with Gasteiger partial charge in [0.2, 0.25) is 10.0 Å². The number of pyridine rings is 1. The van der Waals surface area contributed by atoms with Crippen LogP contribution in [-0.2, 0) is 10.0 Å². The van der Waals surface area contributed by atoms with Crippen LogP contribution in [0, 0.1) is 6.92 Å². The summed E-state index contributed by atoms with van der Waals surface area (Å²) in [5.74, 6) is 0.157. The highest BCUT2D eigenvalue weighted by molar-refractivity contribution is 7.92. The van der Waals surface area contributed by atoms with E-state index in [0.29, 0.717) is 35.1 Å². The number of hydrogen-bond acceptors (Lipinski definition) is 4. The summed E-state index contributed by atoms with van der Waals surface area (Å²) in [6.07, 6.45) is 2.92. The molecule has 0 aliphatic carbocycles. The maximum Gasteiger partial charge on any atom is 0.256 e. The fourth-order valence-electron chi connectivity index (χ4n) is 2.72. The molecule has 3 rings (SSSR count). The van der Waals surface area contributed by atoms with Crippen molar-refractivity contribution in [1.82, 2.24) is 4.98 Å². The summed E-state index contributed by atoms with van der Waals surface area (Å²) in [5.41, 5.74) is 1.74. The van der Waals surface area contributed by atoms with E-state index in [1.165, 1.54) is 10.5 Å². The second-order valence-corrected chi connectivity index (χ2v) is 8.36. The number of carbonyl (C=O) groups excluding carboxylic acids is 1. The van der Waals surface area contributed by atoms with Crippen molar-refractivity contribution in [2.75, 3.05) is 21.9 Å². The smallest absolute Gasteiger partial charge is 0.256 e. The average Bonchev–Trinajstić information content (AvgIpc) is 2.57. The number of anilines is 2. The second kappa shape index (κ2) is 7.01. The van der Waals surface area contributed by atoms with Gasteiger partial charge in [0.25, 0.3) is 5.91 Å². The summed E-state index contributed by atoms with van der Waals surface area (Å²) in [6, 6.07) is 8.27. The Kier molecular flexibility index (Phi) is 4.96. The van der Waals surface area contributed by atoms with Gasteiger partial charge in [0.05, 0.1) is 16.5 Å². The molecule has 0 atom stereocenters. The van der Waals surface area contributed by atoms with Gasteiger partial charge in [-0.3, -0.25) is 9.10 Å². The highest BCUT2D eigenvalue weighted by atomic mass is 35.5. The zero-order valence-electron chi connectivity index (χ0n) is 13.7. The number of aryl methyl sites for hydroxylation is 1. The molecular formula is C17H18ClN3O3S. The van der Waals surface area contributed by atoms with Gasteiger partial charge in [-0.2, -0.15) is 0 Å². The van der Waals surface area contributed by atoms with Crippen molar-refractivity contribution in [3.05, 3.63) is 52.7 Å². The fraction of sp³-hybridized carbons (Fsp3) is 0.294. The van der Waals surface area contributed by atoms with E-state index in [-0.39, 0.29) is 11.7 Å². The molecule has 6 nitrogen and oxygen atoms in total. The third-order valence-electron chi connectivity index (χ3n) is 4.06. The Morgan fingerprint density at radius 1 is 1.24 bits per heavy atom. The van der Waals surface area contributed by atoms with Crippen molar-refractivity contribution >= 4 is 39.0 Å². The lowest BCUT2D eigenvalue weighted by atomic mass is 10.1. The van der Waals surface area contributed by atoms with E-state index >= 15 is 0 Å². The van der Waals surface area contributed by atoms with Crippen LogP contribution in [0.1, 0.15) is 28.8 Å². The minimum absolute atomic E-state index is 0.136. The van der Waals surface area contributed by atoms with E-state index in [1.54, 1.807) is 30.3 Å². The molecule has 1 aliphatic rings. The third kappa shape index (κ3) is 3.93. The summed E-state index contributed by atoms with van der Waals surface area (Å²) in [5, 5.41) is 3.16. The van der Waals surface area contributed by atoms with Crippen LogP contribution < -0.4 is 9.62 Å². The van der Waals surface area contributed by atoms with Gasteiger partial charge in [0.15, 0.2) is 0 Å². The zero-order valence-corrected chi connectivity index (χ0v) is 15.3. The van der Waals surface area contributed by atoms with Crippen molar-refractivity contribution in [2.24, 2.45) is 0 Å². The van der Waals surface area contributed by atoms with Gasteiger partial charge in [-0.1, -0.05) is 17.7 Å². The minimum atomic E-state index is -3.33. The lowest BCUT2D eigenvalue weighted by Crippen LogP contribution is -2.38. The van der Waals surface area contributed by atoms with E-state index in [1.807, 2.05) is 6.92 Å². The Morgan fingerprint density at radius 2 is 2.04 bits per heavy atom. The number of halogens is 1. The molecule has 0 unspecified atom stereocenters. The first-order valence-corrected chi connectivity index (χ1v) is 9.89. The SMILES string of the molecule is Cc1ccc(C(=O)Nc2ccc(Cl)cn2)cc1N1CCCCS1(=O)=O. The predicted molar refractivity (Wildman–Crippen MR) is 98.7 cm³/mol. The Balaban J connectivity index is 1.88. The largest absolute Gasteiger partial charge is 0.307 e. The van der Waals surface area contributed by atoms with Gasteiger partial charge in [-0.15, -0.1) is 0 Å². The molecule has 2 aromatic rings. The van der Waals surface area contributed by atoms with E-state index in [2.05, 4.69) is 10.3 Å². The van der Waals surface area contributed by atoms with E-state index < -0.39 is 10.0 Å². The number of rotatable bonds is 3. The summed E-state index contributed by atoms with van der Waals surface area (Å²) in [4.78, 5) is 16.5. The monoisotopic (exact) mass is 379 g/mol. The summed E-state index contributed by atoms with van der Waals surface area (Å²) >= 11 is 5.78. The van der Waals surface area contributed by atoms with Crippen LogP contribution in [0.15, 0.2) is 36.5 Å². The maximum atomic E-state index is 12.5. The first kappa shape index (κ1) is 17.7. The van der Waals surface area contributed by atoms with Gasteiger partial charge < -0.3 is 5.32 Å². The topological polar surface area (TPSA) is 79.4 Å². The third-order valence-corrected chi connectivity index (χ3v) is 6.14. The lowest BCUT2D eigenvalue weighted by molar-refractivity contribution is 0.102.